The number of nitriles is 1. The third-order valence-electron chi connectivity index (χ3n) is 4.03. The first-order valence-electron chi connectivity index (χ1n) is 8.80. The molecule has 4 nitrogen and oxygen atoms in total. The molecule has 0 saturated heterocycles. The molecule has 0 aliphatic carbocycles. The summed E-state index contributed by atoms with van der Waals surface area (Å²) in [5.41, 5.74) is 2.52. The van der Waals surface area contributed by atoms with Crippen molar-refractivity contribution in [2.24, 2.45) is 0 Å². The molecule has 1 N–H and O–H groups in total. The van der Waals surface area contributed by atoms with Gasteiger partial charge in [0.25, 0.3) is 5.91 Å². The second kappa shape index (κ2) is 10.1. The van der Waals surface area contributed by atoms with Crippen molar-refractivity contribution < 1.29 is 13.9 Å². The summed E-state index contributed by atoms with van der Waals surface area (Å²) >= 11 is 9.32. The average molecular weight is 486 g/mol. The molecule has 3 aromatic rings. The van der Waals surface area contributed by atoms with Gasteiger partial charge < -0.3 is 10.1 Å². The summed E-state index contributed by atoms with van der Waals surface area (Å²) in [5, 5.41) is 12.7. The number of carbonyl (C=O) groups excluding carboxylic acids is 1. The largest absolute Gasteiger partial charge is 0.483 e. The first kappa shape index (κ1) is 21.6. The lowest BCUT2D eigenvalue weighted by molar-refractivity contribution is -0.118. The van der Waals surface area contributed by atoms with E-state index in [2.05, 4.69) is 27.3 Å². The molecule has 0 unspecified atom stereocenters. The predicted molar refractivity (Wildman–Crippen MR) is 120 cm³/mol. The summed E-state index contributed by atoms with van der Waals surface area (Å²) in [6.45, 7) is -0.209. The Morgan fingerprint density at radius 1 is 1.13 bits per heavy atom. The van der Waals surface area contributed by atoms with E-state index in [9.17, 15) is 14.4 Å². The number of anilines is 1. The first-order valence-corrected chi connectivity index (χ1v) is 9.97. The van der Waals surface area contributed by atoms with Gasteiger partial charge in [0.1, 0.15) is 11.6 Å². The van der Waals surface area contributed by atoms with Crippen LogP contribution in [0, 0.1) is 17.1 Å². The van der Waals surface area contributed by atoms with Crippen LogP contribution in [0.4, 0.5) is 10.1 Å². The standard InChI is InChI=1S/C23H15BrClFN2O2/c24-21-12-15(11-17(13-27)16-2-4-18(25)5-3-16)1-10-22(21)30-14-23(29)28-20-8-6-19(26)7-9-20/h1-12H,14H2,(H,28,29)/b17-11+. The molecule has 3 aromatic carbocycles. The normalized spacial score (nSPS) is 10.9. The van der Waals surface area contributed by atoms with Gasteiger partial charge >= 0.3 is 0 Å². The molecule has 0 heterocycles. The van der Waals surface area contributed by atoms with E-state index in [-0.39, 0.29) is 18.3 Å². The van der Waals surface area contributed by atoms with E-state index in [4.69, 9.17) is 16.3 Å². The molecule has 1 amide bonds. The molecule has 0 atom stereocenters. The van der Waals surface area contributed by atoms with Crippen LogP contribution in [0.3, 0.4) is 0 Å². The highest BCUT2D eigenvalue weighted by Gasteiger charge is 2.08. The van der Waals surface area contributed by atoms with E-state index in [1.165, 1.54) is 24.3 Å². The second-order valence-electron chi connectivity index (χ2n) is 6.21. The maximum absolute atomic E-state index is 12.9. The van der Waals surface area contributed by atoms with Gasteiger partial charge in [-0.25, -0.2) is 4.39 Å². The Hall–Kier alpha value is -3.14. The Labute approximate surface area is 186 Å². The van der Waals surface area contributed by atoms with E-state index in [1.54, 1.807) is 48.5 Å². The maximum Gasteiger partial charge on any atom is 0.262 e. The highest BCUT2D eigenvalue weighted by molar-refractivity contribution is 9.10. The summed E-state index contributed by atoms with van der Waals surface area (Å²) in [6.07, 6.45) is 1.75. The first-order chi connectivity index (χ1) is 14.4. The number of benzene rings is 3. The zero-order valence-electron chi connectivity index (χ0n) is 15.5. The summed E-state index contributed by atoms with van der Waals surface area (Å²) in [4.78, 5) is 12.0. The second-order valence-corrected chi connectivity index (χ2v) is 7.50. The van der Waals surface area contributed by atoms with Crippen molar-refractivity contribution >= 4 is 50.8 Å². The van der Waals surface area contributed by atoms with Crippen molar-refractivity contribution in [1.82, 2.24) is 0 Å². The van der Waals surface area contributed by atoms with Crippen LogP contribution in [0.25, 0.3) is 11.6 Å². The van der Waals surface area contributed by atoms with Gasteiger partial charge in [-0.3, -0.25) is 4.79 Å². The molecule has 0 spiro atoms. The molecule has 7 heteroatoms. The molecule has 150 valence electrons. The van der Waals surface area contributed by atoms with Crippen LogP contribution >= 0.6 is 27.5 Å². The van der Waals surface area contributed by atoms with E-state index in [1.807, 2.05) is 0 Å². The van der Waals surface area contributed by atoms with Crippen LogP contribution in [-0.2, 0) is 4.79 Å². The Bertz CT molecular complexity index is 1120. The van der Waals surface area contributed by atoms with Crippen molar-refractivity contribution in [3.63, 3.8) is 0 Å². The Morgan fingerprint density at radius 3 is 2.47 bits per heavy atom. The molecular formula is C23H15BrClFN2O2. The SMILES string of the molecule is N#C/C(=C\c1ccc(OCC(=O)Nc2ccc(F)cc2)c(Br)c1)c1ccc(Cl)cc1. The molecule has 0 aliphatic heterocycles. The lowest BCUT2D eigenvalue weighted by atomic mass is 10.0. The van der Waals surface area contributed by atoms with Crippen LogP contribution in [-0.4, -0.2) is 12.5 Å². The number of allylic oxidation sites excluding steroid dienone is 1. The number of rotatable bonds is 6. The van der Waals surface area contributed by atoms with E-state index < -0.39 is 0 Å². The molecule has 0 bridgehead atoms. The van der Waals surface area contributed by atoms with Crippen LogP contribution in [0.1, 0.15) is 11.1 Å². The summed E-state index contributed by atoms with van der Waals surface area (Å²) in [7, 11) is 0. The Balaban J connectivity index is 1.66. The minimum atomic E-state index is -0.377. The third-order valence-corrected chi connectivity index (χ3v) is 4.90. The fraction of sp³-hybridized carbons (Fsp3) is 0.0435. The zero-order chi connectivity index (χ0) is 21.5. The summed E-state index contributed by atoms with van der Waals surface area (Å²) in [5.74, 6) is -0.267. The zero-order valence-corrected chi connectivity index (χ0v) is 17.9. The molecular weight excluding hydrogens is 471 g/mol. The number of hydrogen-bond donors (Lipinski definition) is 1. The van der Waals surface area contributed by atoms with Gasteiger partial charge in [-0.2, -0.15) is 5.26 Å². The summed E-state index contributed by atoms with van der Waals surface area (Å²) < 4.78 is 19.1. The molecule has 0 aliphatic rings. The van der Waals surface area contributed by atoms with Gasteiger partial charge in [0.05, 0.1) is 16.1 Å². The van der Waals surface area contributed by atoms with Crippen molar-refractivity contribution in [2.75, 3.05) is 11.9 Å². The van der Waals surface area contributed by atoms with E-state index in [0.717, 1.165) is 11.1 Å². The lowest BCUT2D eigenvalue weighted by Gasteiger charge is -2.10. The van der Waals surface area contributed by atoms with Gasteiger partial charge in [-0.15, -0.1) is 0 Å². The maximum atomic E-state index is 12.9. The quantitative estimate of drug-likeness (QED) is 0.328. The van der Waals surface area contributed by atoms with E-state index >= 15 is 0 Å². The van der Waals surface area contributed by atoms with Crippen molar-refractivity contribution in [2.45, 2.75) is 0 Å². The number of carbonyl (C=O) groups is 1. The van der Waals surface area contributed by atoms with E-state index in [0.29, 0.717) is 26.5 Å². The van der Waals surface area contributed by atoms with Crippen molar-refractivity contribution in [1.29, 1.82) is 5.26 Å². The monoisotopic (exact) mass is 484 g/mol. The third kappa shape index (κ3) is 5.93. The number of nitrogens with one attached hydrogen (secondary N) is 1. The number of nitrogens with zero attached hydrogens (tertiary/aromatic N) is 1. The van der Waals surface area contributed by atoms with Gasteiger partial charge in [0.15, 0.2) is 6.61 Å². The predicted octanol–water partition coefficient (Wildman–Crippen LogP) is 6.32. The van der Waals surface area contributed by atoms with Gasteiger partial charge in [0.2, 0.25) is 0 Å². The molecule has 0 fully saturated rings. The summed E-state index contributed by atoms with van der Waals surface area (Å²) in [6, 6.07) is 19.9. The topological polar surface area (TPSA) is 62.1 Å². The number of ether oxygens (including phenoxy) is 1. The van der Waals surface area contributed by atoms with Crippen LogP contribution in [0.15, 0.2) is 71.2 Å². The highest BCUT2D eigenvalue weighted by atomic mass is 79.9. The van der Waals surface area contributed by atoms with Crippen molar-refractivity contribution in [3.8, 4) is 11.8 Å². The highest BCUT2D eigenvalue weighted by Crippen LogP contribution is 2.28. The van der Waals surface area contributed by atoms with Crippen LogP contribution in [0.2, 0.25) is 5.02 Å². The van der Waals surface area contributed by atoms with Gasteiger partial charge in [-0.1, -0.05) is 29.8 Å². The molecule has 3 rings (SSSR count). The Kier molecular flexibility index (Phi) is 7.23. The van der Waals surface area contributed by atoms with Gasteiger partial charge in [-0.05, 0) is 81.7 Å². The number of halogens is 3. The van der Waals surface area contributed by atoms with Crippen LogP contribution < -0.4 is 10.1 Å². The average Bonchev–Trinajstić information content (AvgIpc) is 2.74. The lowest BCUT2D eigenvalue weighted by Crippen LogP contribution is -2.20. The fourth-order valence-corrected chi connectivity index (χ4v) is 3.21. The Morgan fingerprint density at radius 2 is 1.83 bits per heavy atom. The fourth-order valence-electron chi connectivity index (χ4n) is 2.57. The number of amides is 1. The smallest absolute Gasteiger partial charge is 0.262 e. The van der Waals surface area contributed by atoms with Crippen LogP contribution in [0.5, 0.6) is 5.75 Å². The number of hydrogen-bond acceptors (Lipinski definition) is 3. The minimum Gasteiger partial charge on any atom is -0.483 e. The van der Waals surface area contributed by atoms with Crippen molar-refractivity contribution in [3.05, 3.63) is 93.2 Å². The molecule has 0 aromatic heterocycles. The van der Waals surface area contributed by atoms with Gasteiger partial charge in [0, 0.05) is 10.7 Å². The molecule has 30 heavy (non-hydrogen) atoms. The molecule has 0 saturated carbocycles. The minimum absolute atomic E-state index is 0.209. The molecule has 0 radical (unpaired) electrons.